The van der Waals surface area contributed by atoms with Crippen molar-refractivity contribution >= 4 is 27.5 Å². The first kappa shape index (κ1) is 22.6. The number of benzene rings is 3. The molecule has 0 saturated heterocycles. The van der Waals surface area contributed by atoms with Crippen molar-refractivity contribution in [2.45, 2.75) is 19.8 Å². The first-order valence-corrected chi connectivity index (χ1v) is 12.6. The van der Waals surface area contributed by atoms with Gasteiger partial charge in [0.25, 0.3) is 0 Å². The Kier molecular flexibility index (Phi) is 6.66. The molecule has 5 aromatic rings. The number of aryl methyl sites for hydroxylation is 1. The number of rotatable bonds is 6. The lowest BCUT2D eigenvalue weighted by atomic mass is 9.95. The number of H-pyrrole nitrogens is 1. The second-order valence-corrected chi connectivity index (χ2v) is 9.70. The zero-order chi connectivity index (χ0) is 23.5. The third-order valence-corrected chi connectivity index (χ3v) is 6.79. The van der Waals surface area contributed by atoms with Crippen LogP contribution in [0.1, 0.15) is 18.9 Å². The number of nitrogens with zero attached hydrogens (tertiary/aromatic N) is 1. The minimum atomic E-state index is 0.748. The van der Waals surface area contributed by atoms with Gasteiger partial charge in [-0.2, -0.15) is 0 Å². The molecule has 0 saturated carbocycles. The van der Waals surface area contributed by atoms with E-state index in [0.29, 0.717) is 0 Å². The van der Waals surface area contributed by atoms with E-state index in [1.807, 2.05) is 36.7 Å². The smallest absolute Gasteiger partial charge is 0.0539 e. The molecule has 0 bridgehead atoms. The molecule has 2 heterocycles. The van der Waals surface area contributed by atoms with Gasteiger partial charge in [0.1, 0.15) is 0 Å². The fourth-order valence-corrected chi connectivity index (χ4v) is 4.83. The lowest BCUT2D eigenvalue weighted by Gasteiger charge is -2.11. The van der Waals surface area contributed by atoms with Crippen LogP contribution in [0.4, 0.5) is 0 Å². The van der Waals surface area contributed by atoms with Crippen LogP contribution in [-0.2, 0) is 6.42 Å². The monoisotopic (exact) mass is 526 g/mol. The van der Waals surface area contributed by atoms with Gasteiger partial charge in [-0.05, 0) is 76.7 Å². The Hall–Kier alpha value is -3.14. The normalized spacial score (nSPS) is 11.0. The second-order valence-electron chi connectivity index (χ2n) is 8.34. The van der Waals surface area contributed by atoms with Crippen LogP contribution < -0.4 is 0 Å². The number of hydrogen-bond donors (Lipinski definition) is 1. The molecule has 34 heavy (non-hydrogen) atoms. The van der Waals surface area contributed by atoms with Crippen molar-refractivity contribution in [2.24, 2.45) is 0 Å². The van der Waals surface area contributed by atoms with Gasteiger partial charge >= 0.3 is 0 Å². The molecule has 5 rings (SSSR count). The molecule has 168 valence electrons. The molecule has 0 aliphatic carbocycles. The SMILES string of the molecule is CCCc1ccc(Br)cc1-c1cc(-c2ccc(-c3ccc(Cl)cc3)cc2)[nH]c1-c1ccncc1. The minimum Gasteiger partial charge on any atom is -0.354 e. The van der Waals surface area contributed by atoms with Gasteiger partial charge in [0.05, 0.1) is 5.69 Å². The molecule has 3 aromatic carbocycles. The second kappa shape index (κ2) is 10.0. The molecular formula is C30H24BrClN2. The van der Waals surface area contributed by atoms with Crippen molar-refractivity contribution in [3.05, 3.63) is 112 Å². The van der Waals surface area contributed by atoms with Crippen molar-refractivity contribution in [1.82, 2.24) is 9.97 Å². The molecule has 0 unspecified atom stereocenters. The summed E-state index contributed by atoms with van der Waals surface area (Å²) < 4.78 is 1.08. The maximum absolute atomic E-state index is 6.05. The first-order valence-electron chi connectivity index (χ1n) is 11.4. The van der Waals surface area contributed by atoms with Crippen LogP contribution in [0.2, 0.25) is 5.02 Å². The summed E-state index contributed by atoms with van der Waals surface area (Å²) in [6, 6.07) is 29.6. The van der Waals surface area contributed by atoms with E-state index in [1.165, 1.54) is 22.3 Å². The average Bonchev–Trinajstić information content (AvgIpc) is 3.32. The Balaban J connectivity index is 1.61. The fraction of sp³-hybridized carbons (Fsp3) is 0.100. The third-order valence-electron chi connectivity index (χ3n) is 6.04. The molecule has 0 atom stereocenters. The summed E-state index contributed by atoms with van der Waals surface area (Å²) in [6.45, 7) is 2.22. The number of aromatic nitrogens is 2. The zero-order valence-electron chi connectivity index (χ0n) is 18.9. The van der Waals surface area contributed by atoms with Crippen LogP contribution >= 0.6 is 27.5 Å². The molecule has 1 N–H and O–H groups in total. The molecule has 2 nitrogen and oxygen atoms in total. The van der Waals surface area contributed by atoms with Gasteiger partial charge in [0.15, 0.2) is 0 Å². The van der Waals surface area contributed by atoms with E-state index in [-0.39, 0.29) is 0 Å². The summed E-state index contributed by atoms with van der Waals surface area (Å²) in [4.78, 5) is 7.92. The van der Waals surface area contributed by atoms with E-state index >= 15 is 0 Å². The number of pyridine rings is 1. The van der Waals surface area contributed by atoms with Crippen molar-refractivity contribution in [2.75, 3.05) is 0 Å². The van der Waals surface area contributed by atoms with Crippen LogP contribution in [0.25, 0.3) is 44.8 Å². The highest BCUT2D eigenvalue weighted by molar-refractivity contribution is 9.10. The van der Waals surface area contributed by atoms with Gasteiger partial charge < -0.3 is 4.98 Å². The number of hydrogen-bond acceptors (Lipinski definition) is 1. The molecule has 0 aliphatic rings. The average molecular weight is 528 g/mol. The molecule has 0 fully saturated rings. The van der Waals surface area contributed by atoms with E-state index in [1.54, 1.807) is 0 Å². The molecular weight excluding hydrogens is 504 g/mol. The van der Waals surface area contributed by atoms with Crippen molar-refractivity contribution in [1.29, 1.82) is 0 Å². The predicted octanol–water partition coefficient (Wildman–Crippen LogP) is 9.45. The summed E-state index contributed by atoms with van der Waals surface area (Å²) in [5.74, 6) is 0. The standard InChI is InChI=1S/C30H24BrClN2/c1-2-3-22-8-11-25(31)18-27(22)28-19-29(34-30(28)24-14-16-33-17-15-24)23-6-4-20(5-7-23)21-9-12-26(32)13-10-21/h4-19,34H,2-3H2,1H3. The molecule has 2 aromatic heterocycles. The highest BCUT2D eigenvalue weighted by Gasteiger charge is 2.16. The Morgan fingerprint density at radius 3 is 2.06 bits per heavy atom. The highest BCUT2D eigenvalue weighted by atomic mass is 79.9. The number of halogens is 2. The van der Waals surface area contributed by atoms with Gasteiger partial charge in [-0.3, -0.25) is 4.98 Å². The maximum atomic E-state index is 6.05. The fourth-order valence-electron chi connectivity index (χ4n) is 4.34. The van der Waals surface area contributed by atoms with E-state index in [9.17, 15) is 0 Å². The van der Waals surface area contributed by atoms with Crippen LogP contribution in [0.5, 0.6) is 0 Å². The molecule has 0 amide bonds. The summed E-state index contributed by atoms with van der Waals surface area (Å²) in [7, 11) is 0. The quantitative estimate of drug-likeness (QED) is 0.234. The molecule has 0 radical (unpaired) electrons. The Bertz CT molecular complexity index is 1410. The summed E-state index contributed by atoms with van der Waals surface area (Å²) >= 11 is 9.74. The molecule has 0 aliphatic heterocycles. The minimum absolute atomic E-state index is 0.748. The molecule has 4 heteroatoms. The lowest BCUT2D eigenvalue weighted by molar-refractivity contribution is 0.923. The van der Waals surface area contributed by atoms with Crippen molar-refractivity contribution < 1.29 is 0 Å². The summed E-state index contributed by atoms with van der Waals surface area (Å²) in [5.41, 5.74) is 10.6. The Morgan fingerprint density at radius 2 is 1.38 bits per heavy atom. The van der Waals surface area contributed by atoms with Crippen LogP contribution in [0, 0.1) is 0 Å². The number of aromatic amines is 1. The van der Waals surface area contributed by atoms with Gasteiger partial charge in [0.2, 0.25) is 0 Å². The summed E-state index contributed by atoms with van der Waals surface area (Å²) in [6.07, 6.45) is 5.82. The van der Waals surface area contributed by atoms with Crippen LogP contribution in [0.3, 0.4) is 0 Å². The van der Waals surface area contributed by atoms with E-state index < -0.39 is 0 Å². The predicted molar refractivity (Wildman–Crippen MR) is 147 cm³/mol. The molecule has 0 spiro atoms. The Morgan fingerprint density at radius 1 is 0.735 bits per heavy atom. The Labute approximate surface area is 213 Å². The zero-order valence-corrected chi connectivity index (χ0v) is 21.2. The lowest BCUT2D eigenvalue weighted by Crippen LogP contribution is -1.91. The van der Waals surface area contributed by atoms with Gasteiger partial charge in [0, 0.05) is 38.7 Å². The van der Waals surface area contributed by atoms with E-state index in [4.69, 9.17) is 11.6 Å². The van der Waals surface area contributed by atoms with Crippen LogP contribution in [0.15, 0.2) is 102 Å². The maximum Gasteiger partial charge on any atom is 0.0539 e. The van der Waals surface area contributed by atoms with Crippen LogP contribution in [-0.4, -0.2) is 9.97 Å². The number of nitrogens with one attached hydrogen (secondary N) is 1. The largest absolute Gasteiger partial charge is 0.354 e. The topological polar surface area (TPSA) is 28.7 Å². The van der Waals surface area contributed by atoms with E-state index in [2.05, 4.69) is 93.5 Å². The highest BCUT2D eigenvalue weighted by Crippen LogP contribution is 2.39. The van der Waals surface area contributed by atoms with Gasteiger partial charge in [-0.15, -0.1) is 0 Å². The van der Waals surface area contributed by atoms with Gasteiger partial charge in [-0.1, -0.05) is 83.3 Å². The van der Waals surface area contributed by atoms with Crippen molar-refractivity contribution in [3.8, 4) is 44.8 Å². The first-order chi connectivity index (χ1) is 16.6. The van der Waals surface area contributed by atoms with Gasteiger partial charge in [-0.25, -0.2) is 0 Å². The third kappa shape index (κ3) is 4.72. The summed E-state index contributed by atoms with van der Waals surface area (Å²) in [5, 5.41) is 0.748. The van der Waals surface area contributed by atoms with E-state index in [0.717, 1.165) is 50.4 Å². The van der Waals surface area contributed by atoms with Crippen molar-refractivity contribution in [3.63, 3.8) is 0 Å².